The van der Waals surface area contributed by atoms with Crippen LogP contribution in [0.25, 0.3) is 0 Å². The summed E-state index contributed by atoms with van der Waals surface area (Å²) in [6.07, 6.45) is 0.666. The topological polar surface area (TPSA) is 181 Å². The number of nitrogens with zero attached hydrogens (tertiary/aromatic N) is 1. The maximum absolute atomic E-state index is 13.1. The molecule has 0 saturated carbocycles. The summed E-state index contributed by atoms with van der Waals surface area (Å²) >= 11 is 0. The van der Waals surface area contributed by atoms with Gasteiger partial charge in [0.2, 0.25) is 5.91 Å². The number of amides is 1. The van der Waals surface area contributed by atoms with Crippen molar-refractivity contribution in [3.8, 4) is 17.6 Å². The molecule has 45 heavy (non-hydrogen) atoms. The first-order valence-corrected chi connectivity index (χ1v) is 14.5. The maximum atomic E-state index is 13.1. The van der Waals surface area contributed by atoms with Crippen LogP contribution in [0.15, 0.2) is 48.5 Å². The van der Waals surface area contributed by atoms with Crippen LogP contribution in [-0.2, 0) is 28.6 Å². The highest BCUT2D eigenvalue weighted by Gasteiger charge is 2.42. The number of carbonyl (C=O) groups is 4. The monoisotopic (exact) mass is 626 g/mol. The fourth-order valence-corrected chi connectivity index (χ4v) is 4.98. The van der Waals surface area contributed by atoms with E-state index in [9.17, 15) is 34.7 Å². The third-order valence-electron chi connectivity index (χ3n) is 7.44. The van der Waals surface area contributed by atoms with Crippen molar-refractivity contribution < 1.29 is 48.3 Å². The number of aromatic hydroxyl groups is 1. The molecule has 0 aliphatic carbocycles. The van der Waals surface area contributed by atoms with E-state index in [1.807, 2.05) is 6.92 Å². The molecule has 0 aromatic heterocycles. The van der Waals surface area contributed by atoms with Crippen LogP contribution >= 0.6 is 0 Å². The molecule has 0 saturated heterocycles. The van der Waals surface area contributed by atoms with Crippen LogP contribution in [0.2, 0.25) is 0 Å². The molecular weight excluding hydrogens is 584 g/mol. The zero-order valence-electron chi connectivity index (χ0n) is 26.3. The molecule has 244 valence electrons. The van der Waals surface area contributed by atoms with E-state index in [4.69, 9.17) is 18.9 Å². The molecule has 0 spiro atoms. The van der Waals surface area contributed by atoms with E-state index in [1.165, 1.54) is 31.4 Å². The van der Waals surface area contributed by atoms with E-state index in [1.54, 1.807) is 45.0 Å². The molecule has 2 aromatic carbocycles. The fraction of sp³-hybridized carbons (Fsp3) is 0.485. The fourth-order valence-electron chi connectivity index (χ4n) is 4.98. The number of nitrogens with one attached hydrogen (secondary N) is 1. The highest BCUT2D eigenvalue weighted by atomic mass is 16.7. The average molecular weight is 627 g/mol. The molecule has 12 nitrogen and oxygen atoms in total. The maximum Gasteiger partial charge on any atom is 0.339 e. The van der Waals surface area contributed by atoms with E-state index in [0.29, 0.717) is 12.1 Å². The summed E-state index contributed by atoms with van der Waals surface area (Å²) in [6.45, 7) is 6.40. The summed E-state index contributed by atoms with van der Waals surface area (Å²) in [7, 11) is 1.25. The van der Waals surface area contributed by atoms with Gasteiger partial charge in [0.25, 0.3) is 0 Å². The van der Waals surface area contributed by atoms with Crippen LogP contribution in [-0.4, -0.2) is 61.1 Å². The molecule has 0 radical (unpaired) electrons. The molecule has 1 amide bonds. The second-order valence-corrected chi connectivity index (χ2v) is 11.6. The molecule has 0 aliphatic heterocycles. The number of carboxylic acids is 1. The van der Waals surface area contributed by atoms with Gasteiger partial charge in [0.05, 0.1) is 30.6 Å². The van der Waals surface area contributed by atoms with Crippen LogP contribution in [0.5, 0.6) is 11.5 Å². The van der Waals surface area contributed by atoms with Crippen molar-refractivity contribution in [3.05, 3.63) is 54.1 Å². The summed E-state index contributed by atoms with van der Waals surface area (Å²) in [4.78, 5) is 50.2. The lowest BCUT2D eigenvalue weighted by Gasteiger charge is -2.33. The second kappa shape index (κ2) is 17.0. The highest BCUT2D eigenvalue weighted by molar-refractivity contribution is 5.93. The number of hydrogen-bond acceptors (Lipinski definition) is 10. The van der Waals surface area contributed by atoms with Gasteiger partial charge in [-0.1, -0.05) is 19.1 Å². The first-order valence-electron chi connectivity index (χ1n) is 14.5. The lowest BCUT2D eigenvalue weighted by Crippen LogP contribution is -2.38. The Morgan fingerprint density at radius 2 is 1.62 bits per heavy atom. The molecular formula is C33H42N2O10. The van der Waals surface area contributed by atoms with Crippen LogP contribution < -0.4 is 10.1 Å². The predicted molar refractivity (Wildman–Crippen MR) is 163 cm³/mol. The number of carbonyl (C=O) groups excluding carboxylic acids is 3. The van der Waals surface area contributed by atoms with Gasteiger partial charge in [-0.3, -0.25) is 14.4 Å². The number of nitriles is 1. The van der Waals surface area contributed by atoms with Gasteiger partial charge in [0.15, 0.2) is 6.79 Å². The Kier molecular flexibility index (Phi) is 13.8. The van der Waals surface area contributed by atoms with Gasteiger partial charge in [-0.05, 0) is 82.9 Å². The first kappa shape index (κ1) is 36.6. The number of anilines is 1. The Morgan fingerprint density at radius 3 is 2.22 bits per heavy atom. The lowest BCUT2D eigenvalue weighted by molar-refractivity contribution is -0.157. The van der Waals surface area contributed by atoms with Gasteiger partial charge < -0.3 is 34.5 Å². The van der Waals surface area contributed by atoms with Crippen molar-refractivity contribution in [2.24, 2.45) is 22.7 Å². The predicted octanol–water partition coefficient (Wildman–Crippen LogP) is 5.17. The zero-order chi connectivity index (χ0) is 33.6. The van der Waals surface area contributed by atoms with Crippen LogP contribution in [0.4, 0.5) is 5.69 Å². The molecule has 0 aliphatic rings. The smallest absolute Gasteiger partial charge is 0.339 e. The highest BCUT2D eigenvalue weighted by Crippen LogP contribution is 2.40. The van der Waals surface area contributed by atoms with Crippen molar-refractivity contribution in [2.45, 2.75) is 53.4 Å². The molecule has 2 aromatic rings. The number of para-hydroxylation sites is 1. The normalized spacial score (nSPS) is 13.8. The number of hydrogen-bond donors (Lipinski definition) is 3. The van der Waals surface area contributed by atoms with E-state index in [-0.39, 0.29) is 62.2 Å². The summed E-state index contributed by atoms with van der Waals surface area (Å²) in [5, 5.41) is 31.5. The average Bonchev–Trinajstić information content (AvgIpc) is 3.01. The summed E-state index contributed by atoms with van der Waals surface area (Å²) in [5.41, 5.74) is -1.80. The van der Waals surface area contributed by atoms with Gasteiger partial charge in [-0.25, -0.2) is 4.79 Å². The van der Waals surface area contributed by atoms with E-state index < -0.39 is 40.6 Å². The molecule has 0 heterocycles. The summed E-state index contributed by atoms with van der Waals surface area (Å²) in [5.74, 6) is -3.69. The van der Waals surface area contributed by atoms with Crippen molar-refractivity contribution in [1.82, 2.24) is 0 Å². The van der Waals surface area contributed by atoms with E-state index in [0.717, 1.165) is 0 Å². The van der Waals surface area contributed by atoms with Gasteiger partial charge in [0.1, 0.15) is 23.7 Å². The van der Waals surface area contributed by atoms with Gasteiger partial charge in [-0.15, -0.1) is 0 Å². The minimum absolute atomic E-state index is 0.00724. The van der Waals surface area contributed by atoms with Crippen molar-refractivity contribution >= 4 is 29.5 Å². The minimum Gasteiger partial charge on any atom is -0.508 e. The quantitative estimate of drug-likeness (QED) is 0.0859. The van der Waals surface area contributed by atoms with Crippen molar-refractivity contribution in [3.63, 3.8) is 0 Å². The number of methoxy groups -OCH3 is 1. The Balaban J connectivity index is 1.95. The third-order valence-corrected chi connectivity index (χ3v) is 7.44. The lowest BCUT2D eigenvalue weighted by atomic mass is 9.70. The third kappa shape index (κ3) is 11.1. The molecule has 2 rings (SSSR count). The second-order valence-electron chi connectivity index (χ2n) is 11.6. The number of esters is 2. The molecule has 3 atom stereocenters. The molecule has 12 heteroatoms. The molecule has 0 bridgehead atoms. The van der Waals surface area contributed by atoms with Gasteiger partial charge in [0, 0.05) is 17.5 Å². The Labute approximate surface area is 263 Å². The number of phenols is 1. The van der Waals surface area contributed by atoms with Gasteiger partial charge in [-0.2, -0.15) is 5.26 Å². The minimum atomic E-state index is -1.20. The number of benzene rings is 2. The number of phenolic OH excluding ortho intramolecular Hbond substituents is 1. The standard InChI is InChI=1S/C33H42N2O10/c1-6-23(28(37)35-24-11-13-25(36)14-12-24)19-33(4,31(41)42-5)18-22(20-34)17-32(2,3)30(40)44-16-15-43-21-45-27-10-8-7-9-26(27)29(38)39/h7-14,22-23,36H,6,15-19,21H2,1-5H3,(H,35,37)(H,38,39). The van der Waals surface area contributed by atoms with Crippen LogP contribution in [0.1, 0.15) is 63.7 Å². The van der Waals surface area contributed by atoms with E-state index >= 15 is 0 Å². The van der Waals surface area contributed by atoms with E-state index in [2.05, 4.69) is 11.4 Å². The Morgan fingerprint density at radius 1 is 0.956 bits per heavy atom. The summed E-state index contributed by atoms with van der Waals surface area (Å²) in [6, 6.07) is 14.3. The SMILES string of the molecule is CCC(CC(C)(CC(C#N)CC(C)(C)C(=O)OCCOCOc1ccccc1C(=O)O)C(=O)OC)C(=O)Nc1ccc(O)cc1. The summed E-state index contributed by atoms with van der Waals surface area (Å²) < 4.78 is 21.1. The Bertz CT molecular complexity index is 1350. The largest absolute Gasteiger partial charge is 0.508 e. The number of rotatable bonds is 18. The first-order chi connectivity index (χ1) is 21.3. The van der Waals surface area contributed by atoms with Crippen LogP contribution in [0, 0.1) is 34.0 Å². The van der Waals surface area contributed by atoms with Crippen molar-refractivity contribution in [1.29, 1.82) is 5.26 Å². The number of ether oxygens (including phenoxy) is 4. The van der Waals surface area contributed by atoms with Crippen molar-refractivity contribution in [2.75, 3.05) is 32.4 Å². The number of aromatic carboxylic acids is 1. The zero-order valence-corrected chi connectivity index (χ0v) is 26.3. The molecule has 3 unspecified atom stereocenters. The Hall–Kier alpha value is -4.63. The van der Waals surface area contributed by atoms with Gasteiger partial charge >= 0.3 is 17.9 Å². The molecule has 3 N–H and O–H groups in total. The molecule has 0 fully saturated rings. The number of carboxylic acid groups (broad SMARTS) is 1. The van der Waals surface area contributed by atoms with Crippen LogP contribution in [0.3, 0.4) is 0 Å².